The van der Waals surface area contributed by atoms with E-state index in [1.165, 1.54) is 7.11 Å². The Morgan fingerprint density at radius 1 is 1.40 bits per heavy atom. The maximum Gasteiger partial charge on any atom is 0.311 e. The average molecular weight is 216 g/mol. The molecule has 3 unspecified atom stereocenters. The van der Waals surface area contributed by atoms with Crippen molar-refractivity contribution in [1.29, 1.82) is 0 Å². The van der Waals surface area contributed by atoms with E-state index in [4.69, 9.17) is 9.84 Å². The molecule has 0 radical (unpaired) electrons. The summed E-state index contributed by atoms with van der Waals surface area (Å²) in [5.74, 6) is -2.04. The van der Waals surface area contributed by atoms with Gasteiger partial charge >= 0.3 is 11.9 Å². The molecule has 0 rings (SSSR count). The van der Waals surface area contributed by atoms with Crippen molar-refractivity contribution in [2.75, 3.05) is 7.11 Å². The molecule has 0 saturated carbocycles. The lowest BCUT2D eigenvalue weighted by atomic mass is 9.70. The maximum absolute atomic E-state index is 11.6. The maximum atomic E-state index is 11.6. The van der Waals surface area contributed by atoms with Crippen LogP contribution in [0.1, 0.15) is 34.1 Å². The summed E-state index contributed by atoms with van der Waals surface area (Å²) >= 11 is 0. The molecule has 0 aliphatic heterocycles. The summed E-state index contributed by atoms with van der Waals surface area (Å²) in [5, 5.41) is 8.91. The smallest absolute Gasteiger partial charge is 0.311 e. The fourth-order valence-electron chi connectivity index (χ4n) is 1.65. The molecule has 0 aliphatic rings. The van der Waals surface area contributed by atoms with Gasteiger partial charge in [0.25, 0.3) is 0 Å². The molecule has 0 aliphatic carbocycles. The fourth-order valence-corrected chi connectivity index (χ4v) is 1.65. The molecule has 4 heteroatoms. The van der Waals surface area contributed by atoms with Crippen molar-refractivity contribution in [1.82, 2.24) is 0 Å². The second-order valence-corrected chi connectivity index (χ2v) is 4.18. The van der Waals surface area contributed by atoms with Gasteiger partial charge in [-0.2, -0.15) is 0 Å². The minimum atomic E-state index is -0.883. The normalized spacial score (nSPS) is 18.7. The van der Waals surface area contributed by atoms with Crippen molar-refractivity contribution in [2.24, 2.45) is 17.3 Å². The molecule has 0 heterocycles. The Morgan fingerprint density at radius 3 is 2.13 bits per heavy atom. The first-order chi connectivity index (χ1) is 6.81. The number of carboxylic acids is 1. The number of hydrogen-bond acceptors (Lipinski definition) is 3. The molecular weight excluding hydrogens is 196 g/mol. The third kappa shape index (κ3) is 2.70. The number of methoxy groups -OCH3 is 1. The predicted octanol–water partition coefficient (Wildman–Crippen LogP) is 1.93. The largest absolute Gasteiger partial charge is 0.481 e. The molecule has 0 spiro atoms. The van der Waals surface area contributed by atoms with E-state index in [0.29, 0.717) is 6.42 Å². The fraction of sp³-hybridized carbons (Fsp3) is 0.818. The van der Waals surface area contributed by atoms with Crippen molar-refractivity contribution >= 4 is 11.9 Å². The first-order valence-electron chi connectivity index (χ1n) is 5.12. The van der Waals surface area contributed by atoms with Gasteiger partial charge in [-0.1, -0.05) is 20.8 Å². The number of aliphatic carboxylic acids is 1. The highest BCUT2D eigenvalue weighted by Crippen LogP contribution is 2.37. The molecule has 15 heavy (non-hydrogen) atoms. The molecule has 1 N–H and O–H groups in total. The Morgan fingerprint density at radius 2 is 1.87 bits per heavy atom. The first kappa shape index (κ1) is 13.9. The first-order valence-corrected chi connectivity index (χ1v) is 5.12. The van der Waals surface area contributed by atoms with Crippen LogP contribution in [0.4, 0.5) is 0 Å². The van der Waals surface area contributed by atoms with Crippen LogP contribution in [0.5, 0.6) is 0 Å². The molecule has 0 bridgehead atoms. The second kappa shape index (κ2) is 5.14. The van der Waals surface area contributed by atoms with Crippen LogP contribution in [0.25, 0.3) is 0 Å². The summed E-state index contributed by atoms with van der Waals surface area (Å²) < 4.78 is 4.73. The van der Waals surface area contributed by atoms with Gasteiger partial charge < -0.3 is 9.84 Å². The molecule has 0 amide bonds. The summed E-state index contributed by atoms with van der Waals surface area (Å²) in [5.41, 5.74) is -0.730. The Labute approximate surface area is 90.6 Å². The zero-order valence-corrected chi connectivity index (χ0v) is 10.0. The van der Waals surface area contributed by atoms with Gasteiger partial charge in [-0.05, 0) is 19.3 Å². The summed E-state index contributed by atoms with van der Waals surface area (Å²) in [6.45, 7) is 7.01. The molecule has 0 aromatic heterocycles. The van der Waals surface area contributed by atoms with Gasteiger partial charge in [0.05, 0.1) is 18.4 Å². The van der Waals surface area contributed by atoms with Crippen molar-refractivity contribution < 1.29 is 19.4 Å². The number of esters is 1. The van der Waals surface area contributed by atoms with Gasteiger partial charge in [-0.3, -0.25) is 9.59 Å². The Balaban J connectivity index is 4.95. The van der Waals surface area contributed by atoms with Crippen LogP contribution in [-0.2, 0) is 14.3 Å². The standard InChI is InChI=1S/C11H20O4/c1-6-11(4,10(14)15-5)8(3)7(2)9(12)13/h7-8H,6H2,1-5H3,(H,12,13). The third-order valence-corrected chi connectivity index (χ3v) is 3.53. The SMILES string of the molecule is CCC(C)(C(=O)OC)C(C)C(C)C(=O)O. The van der Waals surface area contributed by atoms with Crippen LogP contribution in [0.15, 0.2) is 0 Å². The van der Waals surface area contributed by atoms with Gasteiger partial charge in [0, 0.05) is 0 Å². The van der Waals surface area contributed by atoms with E-state index >= 15 is 0 Å². The van der Waals surface area contributed by atoms with Crippen LogP contribution in [0.3, 0.4) is 0 Å². The van der Waals surface area contributed by atoms with Gasteiger partial charge in [-0.15, -0.1) is 0 Å². The van der Waals surface area contributed by atoms with E-state index in [0.717, 1.165) is 0 Å². The van der Waals surface area contributed by atoms with E-state index in [2.05, 4.69) is 0 Å². The quantitative estimate of drug-likeness (QED) is 0.713. The third-order valence-electron chi connectivity index (χ3n) is 3.53. The molecular formula is C11H20O4. The Hall–Kier alpha value is -1.06. The molecule has 3 atom stereocenters. The molecule has 0 aromatic rings. The molecule has 0 fully saturated rings. The number of hydrogen-bond donors (Lipinski definition) is 1. The van der Waals surface area contributed by atoms with E-state index in [1.807, 2.05) is 6.92 Å². The minimum Gasteiger partial charge on any atom is -0.481 e. The summed E-state index contributed by atoms with van der Waals surface area (Å²) in [6, 6.07) is 0. The van der Waals surface area contributed by atoms with E-state index in [9.17, 15) is 9.59 Å². The molecule has 0 aromatic carbocycles. The Bertz CT molecular complexity index is 249. The molecule has 4 nitrogen and oxygen atoms in total. The van der Waals surface area contributed by atoms with Crippen LogP contribution in [0.2, 0.25) is 0 Å². The second-order valence-electron chi connectivity index (χ2n) is 4.18. The minimum absolute atomic E-state index is 0.257. The molecule has 0 saturated heterocycles. The number of carboxylic acid groups (broad SMARTS) is 1. The van der Waals surface area contributed by atoms with Crippen LogP contribution in [-0.4, -0.2) is 24.2 Å². The lowest BCUT2D eigenvalue weighted by Gasteiger charge is -2.34. The lowest BCUT2D eigenvalue weighted by Crippen LogP contribution is -2.40. The summed E-state index contributed by atoms with van der Waals surface area (Å²) in [4.78, 5) is 22.5. The monoisotopic (exact) mass is 216 g/mol. The van der Waals surface area contributed by atoms with E-state index < -0.39 is 17.3 Å². The van der Waals surface area contributed by atoms with Crippen molar-refractivity contribution in [3.8, 4) is 0 Å². The van der Waals surface area contributed by atoms with Gasteiger partial charge in [-0.25, -0.2) is 0 Å². The van der Waals surface area contributed by atoms with Crippen LogP contribution < -0.4 is 0 Å². The van der Waals surface area contributed by atoms with Crippen LogP contribution >= 0.6 is 0 Å². The number of rotatable bonds is 5. The Kier molecular flexibility index (Phi) is 4.78. The lowest BCUT2D eigenvalue weighted by molar-refractivity contribution is -0.159. The predicted molar refractivity (Wildman–Crippen MR) is 56.4 cm³/mol. The molecule has 88 valence electrons. The highest BCUT2D eigenvalue weighted by Gasteiger charge is 2.42. The van der Waals surface area contributed by atoms with E-state index in [-0.39, 0.29) is 11.9 Å². The van der Waals surface area contributed by atoms with Crippen LogP contribution in [0, 0.1) is 17.3 Å². The average Bonchev–Trinajstić information content (AvgIpc) is 2.24. The topological polar surface area (TPSA) is 63.6 Å². The van der Waals surface area contributed by atoms with Gasteiger partial charge in [0.2, 0.25) is 0 Å². The van der Waals surface area contributed by atoms with Gasteiger partial charge in [0.1, 0.15) is 0 Å². The highest BCUT2D eigenvalue weighted by atomic mass is 16.5. The van der Waals surface area contributed by atoms with Crippen molar-refractivity contribution in [3.05, 3.63) is 0 Å². The van der Waals surface area contributed by atoms with Crippen molar-refractivity contribution in [3.63, 3.8) is 0 Å². The van der Waals surface area contributed by atoms with E-state index in [1.54, 1.807) is 20.8 Å². The number of carbonyl (C=O) groups is 2. The summed E-state index contributed by atoms with van der Waals surface area (Å²) in [6.07, 6.45) is 0.568. The van der Waals surface area contributed by atoms with Gasteiger partial charge in [0.15, 0.2) is 0 Å². The zero-order valence-electron chi connectivity index (χ0n) is 10.0. The van der Waals surface area contributed by atoms with Crippen molar-refractivity contribution in [2.45, 2.75) is 34.1 Å². The number of carbonyl (C=O) groups excluding carboxylic acids is 1. The highest BCUT2D eigenvalue weighted by molar-refractivity contribution is 5.78. The summed E-state index contributed by atoms with van der Waals surface area (Å²) in [7, 11) is 1.33. The number of ether oxygens (including phenoxy) is 1. The zero-order chi connectivity index (χ0) is 12.2.